The van der Waals surface area contributed by atoms with E-state index in [1.807, 2.05) is 36.9 Å². The number of aromatic nitrogens is 5. The third kappa shape index (κ3) is 5.74. The van der Waals surface area contributed by atoms with Crippen LogP contribution in [0, 0.1) is 0 Å². The number of hydrogen-bond donors (Lipinski definition) is 0. The lowest BCUT2D eigenvalue weighted by atomic mass is 9.93. The summed E-state index contributed by atoms with van der Waals surface area (Å²) in [6.45, 7) is 0. The lowest BCUT2D eigenvalue weighted by molar-refractivity contribution is 1.32. The molecule has 0 radical (unpaired) electrons. The highest BCUT2D eigenvalue weighted by Gasteiger charge is 2.17. The summed E-state index contributed by atoms with van der Waals surface area (Å²) >= 11 is 0. The third-order valence-electron chi connectivity index (χ3n) is 10.0. The highest BCUT2D eigenvalue weighted by molar-refractivity contribution is 6.00. The molecule has 10 rings (SSSR count). The van der Waals surface area contributed by atoms with Gasteiger partial charge >= 0.3 is 0 Å². The number of benzene rings is 5. The molecule has 0 unspecified atom stereocenters. The van der Waals surface area contributed by atoms with Gasteiger partial charge in [-0.25, -0.2) is 15.0 Å². The average Bonchev–Trinajstić information content (AvgIpc) is 3.26. The molecule has 0 bridgehead atoms. The molecule has 0 saturated heterocycles. The second kappa shape index (κ2) is 13.3. The van der Waals surface area contributed by atoms with E-state index in [9.17, 15) is 0 Å². The minimum Gasteiger partial charge on any atom is -0.265 e. The van der Waals surface area contributed by atoms with Crippen LogP contribution in [0.3, 0.4) is 0 Å². The molecule has 0 aliphatic heterocycles. The first-order chi connectivity index (χ1) is 26.7. The molecular weight excluding hydrogens is 659 g/mol. The van der Waals surface area contributed by atoms with Crippen molar-refractivity contribution >= 4 is 32.7 Å². The van der Waals surface area contributed by atoms with Gasteiger partial charge in [0.15, 0.2) is 0 Å². The third-order valence-corrected chi connectivity index (χ3v) is 10.0. The lowest BCUT2D eigenvalue weighted by Crippen LogP contribution is -1.95. The fourth-order valence-electron chi connectivity index (χ4n) is 7.44. The standard InChI is InChI=1S/C49H31N5/c1-2-10-32(11-3-1)41-29-47(52-44-15-7-4-12-38(41)44)35-26-36(48-30-42(33-18-22-50-23-19-33)39-13-5-8-16-45(39)53-48)28-37(27-35)49-31-43(34-20-24-51-25-21-34)40-14-6-9-17-46(40)54-49/h1-31H. The summed E-state index contributed by atoms with van der Waals surface area (Å²) in [6, 6.07) is 57.0. The highest BCUT2D eigenvalue weighted by Crippen LogP contribution is 2.39. The Morgan fingerprint density at radius 3 is 0.944 bits per heavy atom. The fourth-order valence-corrected chi connectivity index (χ4v) is 7.44. The van der Waals surface area contributed by atoms with Crippen LogP contribution in [0.2, 0.25) is 0 Å². The molecule has 5 aromatic carbocycles. The van der Waals surface area contributed by atoms with Crippen LogP contribution in [-0.4, -0.2) is 24.9 Å². The summed E-state index contributed by atoms with van der Waals surface area (Å²) in [7, 11) is 0. The summed E-state index contributed by atoms with van der Waals surface area (Å²) in [5.74, 6) is 0. The van der Waals surface area contributed by atoms with Crippen LogP contribution in [-0.2, 0) is 0 Å². The van der Waals surface area contributed by atoms with Gasteiger partial charge in [-0.3, -0.25) is 9.97 Å². The Labute approximate surface area is 312 Å². The SMILES string of the molecule is c1ccc(-c2cc(-c3cc(-c4cc(-c5ccncc5)c5ccccc5n4)cc(-c4cc(-c5ccncc5)c5ccccc5n4)c3)nc3ccccc23)cc1. The van der Waals surface area contributed by atoms with Crippen LogP contribution in [0.5, 0.6) is 0 Å². The first-order valence-electron chi connectivity index (χ1n) is 18.0. The first kappa shape index (κ1) is 31.4. The maximum Gasteiger partial charge on any atom is 0.0716 e. The van der Waals surface area contributed by atoms with E-state index in [0.29, 0.717) is 0 Å². The smallest absolute Gasteiger partial charge is 0.0716 e. The number of pyridine rings is 5. The summed E-state index contributed by atoms with van der Waals surface area (Å²) in [6.07, 6.45) is 7.35. The van der Waals surface area contributed by atoms with E-state index in [1.165, 1.54) is 0 Å². The van der Waals surface area contributed by atoms with E-state index < -0.39 is 0 Å². The van der Waals surface area contributed by atoms with E-state index in [0.717, 1.165) is 99.9 Å². The van der Waals surface area contributed by atoms with Gasteiger partial charge in [-0.2, -0.15) is 0 Å². The van der Waals surface area contributed by atoms with E-state index in [4.69, 9.17) is 15.0 Å². The van der Waals surface area contributed by atoms with Crippen molar-refractivity contribution in [1.82, 2.24) is 24.9 Å². The maximum atomic E-state index is 5.28. The second-order valence-electron chi connectivity index (χ2n) is 13.4. The van der Waals surface area contributed by atoms with Crippen molar-refractivity contribution in [3.8, 4) is 67.2 Å². The molecule has 10 aromatic rings. The van der Waals surface area contributed by atoms with Crippen molar-refractivity contribution < 1.29 is 0 Å². The number of para-hydroxylation sites is 3. The van der Waals surface area contributed by atoms with Crippen LogP contribution >= 0.6 is 0 Å². The number of rotatable bonds is 6. The Kier molecular flexibility index (Phi) is 7.73. The molecule has 0 saturated carbocycles. The Hall–Kier alpha value is -7.37. The molecule has 0 aliphatic rings. The van der Waals surface area contributed by atoms with E-state index in [2.05, 4.69) is 162 Å². The zero-order valence-electron chi connectivity index (χ0n) is 29.1. The van der Waals surface area contributed by atoms with Gasteiger partial charge < -0.3 is 0 Å². The van der Waals surface area contributed by atoms with Gasteiger partial charge in [0.2, 0.25) is 0 Å². The zero-order chi connectivity index (χ0) is 35.8. The van der Waals surface area contributed by atoms with Crippen LogP contribution < -0.4 is 0 Å². The van der Waals surface area contributed by atoms with E-state index in [-0.39, 0.29) is 0 Å². The van der Waals surface area contributed by atoms with Crippen LogP contribution in [0.25, 0.3) is 99.9 Å². The molecule has 5 heterocycles. The molecular formula is C49H31N5. The van der Waals surface area contributed by atoms with E-state index >= 15 is 0 Å². The molecule has 0 aliphatic carbocycles. The Morgan fingerprint density at radius 2 is 0.574 bits per heavy atom. The van der Waals surface area contributed by atoms with Gasteiger partial charge in [0.1, 0.15) is 0 Å². The van der Waals surface area contributed by atoms with Crippen molar-refractivity contribution in [2.75, 3.05) is 0 Å². The molecule has 0 fully saturated rings. The fraction of sp³-hybridized carbons (Fsp3) is 0. The van der Waals surface area contributed by atoms with Crippen LogP contribution in [0.4, 0.5) is 0 Å². The summed E-state index contributed by atoms with van der Waals surface area (Å²) in [5, 5.41) is 3.29. The van der Waals surface area contributed by atoms with Crippen molar-refractivity contribution in [3.05, 3.63) is 189 Å². The van der Waals surface area contributed by atoms with Crippen molar-refractivity contribution in [2.24, 2.45) is 0 Å². The van der Waals surface area contributed by atoms with Gasteiger partial charge in [0.05, 0.1) is 33.6 Å². The first-order valence-corrected chi connectivity index (χ1v) is 18.0. The largest absolute Gasteiger partial charge is 0.265 e. The predicted molar refractivity (Wildman–Crippen MR) is 221 cm³/mol. The van der Waals surface area contributed by atoms with Gasteiger partial charge in [0, 0.05) is 57.6 Å². The molecule has 54 heavy (non-hydrogen) atoms. The van der Waals surface area contributed by atoms with E-state index in [1.54, 1.807) is 0 Å². The Balaban J connectivity index is 1.25. The van der Waals surface area contributed by atoms with Gasteiger partial charge in [-0.1, -0.05) is 84.9 Å². The minimum absolute atomic E-state index is 0.864. The van der Waals surface area contributed by atoms with Gasteiger partial charge in [-0.15, -0.1) is 0 Å². The maximum absolute atomic E-state index is 5.28. The highest BCUT2D eigenvalue weighted by atomic mass is 14.7. The molecule has 0 amide bonds. The van der Waals surface area contributed by atoms with Crippen molar-refractivity contribution in [1.29, 1.82) is 0 Å². The molecule has 0 atom stereocenters. The minimum atomic E-state index is 0.864. The average molecular weight is 690 g/mol. The van der Waals surface area contributed by atoms with Crippen LogP contribution in [0.1, 0.15) is 0 Å². The summed E-state index contributed by atoms with van der Waals surface area (Å²) in [5.41, 5.74) is 15.0. The second-order valence-corrected chi connectivity index (χ2v) is 13.4. The lowest BCUT2D eigenvalue weighted by Gasteiger charge is -2.15. The molecule has 0 N–H and O–H groups in total. The van der Waals surface area contributed by atoms with Crippen molar-refractivity contribution in [3.63, 3.8) is 0 Å². The quantitative estimate of drug-likeness (QED) is 0.174. The zero-order valence-corrected chi connectivity index (χ0v) is 29.1. The summed E-state index contributed by atoms with van der Waals surface area (Å²) in [4.78, 5) is 24.4. The predicted octanol–water partition coefficient (Wildman–Crippen LogP) is 12.1. The molecule has 0 spiro atoms. The number of nitrogens with zero attached hydrogens (tertiary/aromatic N) is 5. The monoisotopic (exact) mass is 689 g/mol. The van der Waals surface area contributed by atoms with Gasteiger partial charge in [0.25, 0.3) is 0 Å². The van der Waals surface area contributed by atoms with Crippen LogP contribution in [0.15, 0.2) is 189 Å². The molecule has 5 heteroatoms. The Morgan fingerprint density at radius 1 is 0.259 bits per heavy atom. The summed E-state index contributed by atoms with van der Waals surface area (Å²) < 4.78 is 0. The molecule has 5 nitrogen and oxygen atoms in total. The number of fused-ring (bicyclic) bond motifs is 3. The van der Waals surface area contributed by atoms with Crippen molar-refractivity contribution in [2.45, 2.75) is 0 Å². The topological polar surface area (TPSA) is 64.5 Å². The normalized spacial score (nSPS) is 11.3. The molecule has 252 valence electrons. The number of hydrogen-bond acceptors (Lipinski definition) is 5. The Bertz CT molecular complexity index is 2640. The van der Waals surface area contributed by atoms with Gasteiger partial charge in [-0.05, 0) is 112 Å². The molecule has 5 aromatic heterocycles.